The fourth-order valence-electron chi connectivity index (χ4n) is 1.88. The van der Waals surface area contributed by atoms with Gasteiger partial charge in [0, 0.05) is 19.2 Å². The number of hydrogen-bond acceptors (Lipinski definition) is 4. The van der Waals surface area contributed by atoms with Gasteiger partial charge in [0.1, 0.15) is 11.6 Å². The summed E-state index contributed by atoms with van der Waals surface area (Å²) in [6, 6.07) is 2.41. The van der Waals surface area contributed by atoms with E-state index in [-0.39, 0.29) is 22.9 Å². The highest BCUT2D eigenvalue weighted by atomic mass is 19.1. The number of ether oxygens (including phenoxy) is 1. The number of nitrogens with two attached hydrogens (primary N) is 1. The number of methoxy groups -OCH3 is 1. The molecule has 1 aromatic carbocycles. The van der Waals surface area contributed by atoms with E-state index in [1.807, 2.05) is 0 Å². The van der Waals surface area contributed by atoms with E-state index < -0.39 is 5.82 Å². The van der Waals surface area contributed by atoms with Crippen LogP contribution in [-0.4, -0.2) is 44.1 Å². The van der Waals surface area contributed by atoms with E-state index in [2.05, 4.69) is 24.1 Å². The molecule has 5 nitrogen and oxygen atoms in total. The molecule has 0 spiro atoms. The van der Waals surface area contributed by atoms with Crippen molar-refractivity contribution in [3.63, 3.8) is 0 Å². The number of hydrogen-bond donors (Lipinski definition) is 2. The fraction of sp³-hybridized carbons (Fsp3) is 0.500. The summed E-state index contributed by atoms with van der Waals surface area (Å²) < 4.78 is 18.5. The number of nitrogens with zero attached hydrogens (tertiary/aromatic N) is 1. The molecule has 0 saturated carbocycles. The summed E-state index contributed by atoms with van der Waals surface area (Å²) in [7, 11) is 1.42. The highest BCUT2D eigenvalue weighted by Crippen LogP contribution is 2.24. The predicted molar refractivity (Wildman–Crippen MR) is 77.5 cm³/mol. The van der Waals surface area contributed by atoms with Crippen molar-refractivity contribution >= 4 is 11.6 Å². The minimum Gasteiger partial charge on any atom is -0.496 e. The lowest BCUT2D eigenvalue weighted by atomic mass is 10.1. The molecule has 1 aromatic rings. The Kier molecular flexibility index (Phi) is 6.24. The number of carbonyl (C=O) groups is 1. The predicted octanol–water partition coefficient (Wildman–Crippen LogP) is 1.49. The highest BCUT2D eigenvalue weighted by molar-refractivity contribution is 5.97. The lowest BCUT2D eigenvalue weighted by molar-refractivity contribution is 0.0945. The number of rotatable bonds is 7. The van der Waals surface area contributed by atoms with Crippen LogP contribution < -0.4 is 15.8 Å². The number of anilines is 1. The van der Waals surface area contributed by atoms with Crippen molar-refractivity contribution in [2.75, 3.05) is 39.0 Å². The average molecular weight is 283 g/mol. The van der Waals surface area contributed by atoms with Gasteiger partial charge in [0.15, 0.2) is 0 Å². The minimum atomic E-state index is -0.625. The Balaban J connectivity index is 2.70. The number of halogens is 1. The van der Waals surface area contributed by atoms with E-state index >= 15 is 0 Å². The van der Waals surface area contributed by atoms with Crippen LogP contribution in [-0.2, 0) is 0 Å². The molecular weight excluding hydrogens is 261 g/mol. The second-order valence-electron chi connectivity index (χ2n) is 4.36. The van der Waals surface area contributed by atoms with Gasteiger partial charge in [-0.1, -0.05) is 13.8 Å². The van der Waals surface area contributed by atoms with E-state index in [1.54, 1.807) is 0 Å². The van der Waals surface area contributed by atoms with E-state index in [0.29, 0.717) is 6.54 Å². The molecule has 20 heavy (non-hydrogen) atoms. The summed E-state index contributed by atoms with van der Waals surface area (Å²) in [6.07, 6.45) is 0. The topological polar surface area (TPSA) is 67.6 Å². The number of nitrogens with one attached hydrogen (secondary N) is 1. The largest absolute Gasteiger partial charge is 0.496 e. The smallest absolute Gasteiger partial charge is 0.255 e. The lowest BCUT2D eigenvalue weighted by Crippen LogP contribution is -2.35. The molecule has 0 aliphatic rings. The quantitative estimate of drug-likeness (QED) is 0.744. The van der Waals surface area contributed by atoms with Crippen molar-refractivity contribution in [1.29, 1.82) is 0 Å². The van der Waals surface area contributed by atoms with Crippen molar-refractivity contribution in [2.45, 2.75) is 13.8 Å². The van der Waals surface area contributed by atoms with Crippen molar-refractivity contribution < 1.29 is 13.9 Å². The molecule has 0 aliphatic carbocycles. The van der Waals surface area contributed by atoms with Gasteiger partial charge in [-0.05, 0) is 19.2 Å². The zero-order valence-corrected chi connectivity index (χ0v) is 12.2. The Hall–Kier alpha value is -1.82. The van der Waals surface area contributed by atoms with E-state index in [0.717, 1.165) is 25.7 Å². The third-order valence-corrected chi connectivity index (χ3v) is 3.17. The van der Waals surface area contributed by atoms with E-state index in [4.69, 9.17) is 10.5 Å². The Bertz CT molecular complexity index is 462. The van der Waals surface area contributed by atoms with Gasteiger partial charge in [0.05, 0.1) is 18.4 Å². The van der Waals surface area contributed by atoms with Gasteiger partial charge in [-0.3, -0.25) is 4.79 Å². The van der Waals surface area contributed by atoms with E-state index in [1.165, 1.54) is 13.2 Å². The molecule has 0 unspecified atom stereocenters. The van der Waals surface area contributed by atoms with E-state index in [9.17, 15) is 9.18 Å². The average Bonchev–Trinajstić information content (AvgIpc) is 2.45. The van der Waals surface area contributed by atoms with Crippen molar-refractivity contribution in [1.82, 2.24) is 10.2 Å². The molecule has 0 aromatic heterocycles. The number of likely N-dealkylation sites (N-methyl/N-ethyl adjacent to an activating group) is 1. The van der Waals surface area contributed by atoms with Gasteiger partial charge >= 0.3 is 0 Å². The second-order valence-corrected chi connectivity index (χ2v) is 4.36. The molecule has 6 heteroatoms. The minimum absolute atomic E-state index is 0.0402. The van der Waals surface area contributed by atoms with Crippen molar-refractivity contribution in [2.24, 2.45) is 0 Å². The second kappa shape index (κ2) is 7.69. The maximum atomic E-state index is 13.4. The first-order chi connectivity index (χ1) is 9.53. The van der Waals surface area contributed by atoms with Gasteiger partial charge in [-0.25, -0.2) is 4.39 Å². The molecule has 0 heterocycles. The third-order valence-electron chi connectivity index (χ3n) is 3.17. The lowest BCUT2D eigenvalue weighted by Gasteiger charge is -2.18. The first-order valence-corrected chi connectivity index (χ1v) is 6.67. The molecule has 0 fully saturated rings. The zero-order valence-electron chi connectivity index (χ0n) is 12.2. The monoisotopic (exact) mass is 283 g/mol. The third kappa shape index (κ3) is 4.09. The van der Waals surface area contributed by atoms with Crippen LogP contribution in [0.2, 0.25) is 0 Å². The Morgan fingerprint density at radius 3 is 2.60 bits per heavy atom. The summed E-state index contributed by atoms with van der Waals surface area (Å²) in [5.74, 6) is -0.725. The first-order valence-electron chi connectivity index (χ1n) is 6.67. The van der Waals surface area contributed by atoms with Crippen LogP contribution in [0.4, 0.5) is 10.1 Å². The molecule has 0 bridgehead atoms. The molecule has 0 saturated heterocycles. The molecule has 112 valence electrons. The Morgan fingerprint density at radius 2 is 2.05 bits per heavy atom. The SMILES string of the molecule is CCN(CC)CCNC(=O)c1cc(F)c(N)cc1OC. The van der Waals surface area contributed by atoms with Gasteiger partial charge in [0.25, 0.3) is 5.91 Å². The first kappa shape index (κ1) is 16.2. The highest BCUT2D eigenvalue weighted by Gasteiger charge is 2.15. The number of nitrogen functional groups attached to an aromatic ring is 1. The number of carbonyl (C=O) groups excluding carboxylic acids is 1. The zero-order chi connectivity index (χ0) is 15.1. The van der Waals surface area contributed by atoms with Gasteiger partial charge in [0.2, 0.25) is 0 Å². The standard InChI is InChI=1S/C14H22FN3O2/c1-4-18(5-2)7-6-17-14(19)10-8-11(15)12(16)9-13(10)20-3/h8-9H,4-7,16H2,1-3H3,(H,17,19). The summed E-state index contributed by atoms with van der Waals surface area (Å²) in [4.78, 5) is 14.2. The molecule has 0 aliphatic heterocycles. The number of amides is 1. The number of benzene rings is 1. The molecule has 3 N–H and O–H groups in total. The van der Waals surface area contributed by atoms with Crippen molar-refractivity contribution in [3.8, 4) is 5.75 Å². The molecule has 1 rings (SSSR count). The van der Waals surface area contributed by atoms with Crippen LogP contribution in [0.15, 0.2) is 12.1 Å². The van der Waals surface area contributed by atoms with Gasteiger partial charge in [-0.2, -0.15) is 0 Å². The molecule has 0 radical (unpaired) electrons. The summed E-state index contributed by atoms with van der Waals surface area (Å²) in [6.45, 7) is 7.21. The summed E-state index contributed by atoms with van der Waals surface area (Å²) in [5, 5.41) is 2.75. The fourth-order valence-corrected chi connectivity index (χ4v) is 1.88. The summed E-state index contributed by atoms with van der Waals surface area (Å²) >= 11 is 0. The van der Waals surface area contributed by atoms with Crippen LogP contribution in [0.1, 0.15) is 24.2 Å². The Morgan fingerprint density at radius 1 is 1.40 bits per heavy atom. The summed E-state index contributed by atoms with van der Waals surface area (Å²) in [5.41, 5.74) is 5.56. The Labute approximate surface area is 118 Å². The normalized spacial score (nSPS) is 10.7. The van der Waals surface area contributed by atoms with Crippen LogP contribution in [0.3, 0.4) is 0 Å². The van der Waals surface area contributed by atoms with Gasteiger partial charge < -0.3 is 20.7 Å². The van der Waals surface area contributed by atoms with Crippen molar-refractivity contribution in [3.05, 3.63) is 23.5 Å². The maximum Gasteiger partial charge on any atom is 0.255 e. The van der Waals surface area contributed by atoms with Crippen LogP contribution >= 0.6 is 0 Å². The molecular formula is C14H22FN3O2. The van der Waals surface area contributed by atoms with Gasteiger partial charge in [-0.15, -0.1) is 0 Å². The maximum absolute atomic E-state index is 13.4. The van der Waals surface area contributed by atoms with Crippen LogP contribution in [0, 0.1) is 5.82 Å². The van der Waals surface area contributed by atoms with Crippen LogP contribution in [0.25, 0.3) is 0 Å². The molecule has 0 atom stereocenters. The van der Waals surface area contributed by atoms with Crippen LogP contribution in [0.5, 0.6) is 5.75 Å². The molecule has 1 amide bonds.